The van der Waals surface area contributed by atoms with Crippen molar-refractivity contribution < 1.29 is 9.21 Å². The van der Waals surface area contributed by atoms with Crippen molar-refractivity contribution in [3.63, 3.8) is 0 Å². The van der Waals surface area contributed by atoms with Crippen molar-refractivity contribution in [2.24, 2.45) is 0 Å². The van der Waals surface area contributed by atoms with E-state index >= 15 is 0 Å². The maximum Gasteiger partial charge on any atom is 0.336 e. The smallest absolute Gasteiger partial charge is 0.336 e. The second kappa shape index (κ2) is 10.5. The first kappa shape index (κ1) is 23.5. The number of piperidine rings is 1. The summed E-state index contributed by atoms with van der Waals surface area (Å²) in [6.45, 7) is 7.27. The molecule has 0 N–H and O–H groups in total. The molecule has 1 saturated heterocycles. The molecular formula is C27H31ClN2O3. The van der Waals surface area contributed by atoms with Gasteiger partial charge in [0, 0.05) is 47.7 Å². The van der Waals surface area contributed by atoms with Crippen LogP contribution in [-0.2, 0) is 13.0 Å². The summed E-state index contributed by atoms with van der Waals surface area (Å²) in [7, 11) is 0. The number of hydrogen-bond acceptors (Lipinski definition) is 4. The monoisotopic (exact) mass is 466 g/mol. The van der Waals surface area contributed by atoms with Gasteiger partial charge in [0.15, 0.2) is 0 Å². The Hall–Kier alpha value is -2.63. The highest BCUT2D eigenvalue weighted by molar-refractivity contribution is 6.32. The molecule has 2 heterocycles. The maximum atomic E-state index is 12.8. The standard InChI is InChI=1S/C27H31ClN2O3/c1-3-12-30(22-10-13-29(14-11-22)27(32)20-8-6-5-7-9-20)18-21-16-26(31)33-25-15-19(4-2)24(28)17-23(21)25/h5-9,15-17,22H,3-4,10-14,18H2,1-2H3. The molecule has 1 aromatic heterocycles. The van der Waals surface area contributed by atoms with Crippen molar-refractivity contribution in [3.8, 4) is 0 Å². The lowest BCUT2D eigenvalue weighted by atomic mass is 10.00. The van der Waals surface area contributed by atoms with Crippen LogP contribution >= 0.6 is 11.6 Å². The van der Waals surface area contributed by atoms with E-state index in [1.165, 1.54) is 0 Å². The predicted octanol–water partition coefficient (Wildman–Crippen LogP) is 5.53. The number of fused-ring (bicyclic) bond motifs is 1. The first-order valence-electron chi connectivity index (χ1n) is 11.8. The second-order valence-electron chi connectivity index (χ2n) is 8.74. The normalized spacial score (nSPS) is 14.8. The van der Waals surface area contributed by atoms with Crippen LogP contribution in [0.4, 0.5) is 0 Å². The van der Waals surface area contributed by atoms with Crippen LogP contribution in [0.15, 0.2) is 57.7 Å². The van der Waals surface area contributed by atoms with E-state index in [1.807, 2.05) is 54.3 Å². The number of nitrogens with zero attached hydrogens (tertiary/aromatic N) is 2. The van der Waals surface area contributed by atoms with Gasteiger partial charge in [-0.15, -0.1) is 0 Å². The fourth-order valence-electron chi connectivity index (χ4n) is 4.78. The van der Waals surface area contributed by atoms with Gasteiger partial charge in [0.25, 0.3) is 5.91 Å². The molecule has 1 aliphatic rings. The molecule has 0 bridgehead atoms. The second-order valence-corrected chi connectivity index (χ2v) is 9.15. The lowest BCUT2D eigenvalue weighted by molar-refractivity contribution is 0.0607. The molecule has 0 aliphatic carbocycles. The topological polar surface area (TPSA) is 53.8 Å². The highest BCUT2D eigenvalue weighted by atomic mass is 35.5. The molecule has 3 aromatic rings. The Labute approximate surface area is 199 Å². The first-order valence-corrected chi connectivity index (χ1v) is 12.2. The molecule has 0 spiro atoms. The van der Waals surface area contributed by atoms with Gasteiger partial charge in [-0.25, -0.2) is 4.79 Å². The highest BCUT2D eigenvalue weighted by Crippen LogP contribution is 2.28. The van der Waals surface area contributed by atoms with Crippen molar-refractivity contribution in [2.75, 3.05) is 19.6 Å². The Bertz CT molecular complexity index is 1170. The zero-order chi connectivity index (χ0) is 23.4. The van der Waals surface area contributed by atoms with Crippen LogP contribution < -0.4 is 5.63 Å². The molecule has 0 unspecified atom stereocenters. The molecular weight excluding hydrogens is 436 g/mol. The Morgan fingerprint density at radius 1 is 1.09 bits per heavy atom. The minimum atomic E-state index is -0.332. The minimum absolute atomic E-state index is 0.101. The average Bonchev–Trinajstić information content (AvgIpc) is 2.84. The van der Waals surface area contributed by atoms with Gasteiger partial charge in [0.2, 0.25) is 0 Å². The summed E-state index contributed by atoms with van der Waals surface area (Å²) >= 11 is 6.49. The summed E-state index contributed by atoms with van der Waals surface area (Å²) in [4.78, 5) is 29.5. The molecule has 6 heteroatoms. The Morgan fingerprint density at radius 2 is 1.82 bits per heavy atom. The number of rotatable bonds is 7. The average molecular weight is 467 g/mol. The van der Waals surface area contributed by atoms with Gasteiger partial charge in [-0.3, -0.25) is 9.69 Å². The van der Waals surface area contributed by atoms with E-state index in [0.29, 0.717) is 23.2 Å². The van der Waals surface area contributed by atoms with Crippen molar-refractivity contribution >= 4 is 28.5 Å². The van der Waals surface area contributed by atoms with Crippen LogP contribution in [0.3, 0.4) is 0 Å². The van der Waals surface area contributed by atoms with E-state index in [2.05, 4.69) is 11.8 Å². The van der Waals surface area contributed by atoms with Crippen molar-refractivity contribution in [1.29, 1.82) is 0 Å². The summed E-state index contributed by atoms with van der Waals surface area (Å²) in [5.74, 6) is 0.101. The van der Waals surface area contributed by atoms with Crippen molar-refractivity contribution in [3.05, 3.63) is 80.7 Å². The lowest BCUT2D eigenvalue weighted by Crippen LogP contribution is -2.46. The molecule has 33 heavy (non-hydrogen) atoms. The maximum absolute atomic E-state index is 12.8. The summed E-state index contributed by atoms with van der Waals surface area (Å²) in [6.07, 6.45) is 3.63. The molecule has 174 valence electrons. The van der Waals surface area contributed by atoms with Crippen LogP contribution in [0, 0.1) is 0 Å². The molecule has 0 saturated carbocycles. The molecule has 0 radical (unpaired) electrons. The Kier molecular flexibility index (Phi) is 7.51. The molecule has 1 aliphatic heterocycles. The van der Waals surface area contributed by atoms with E-state index < -0.39 is 0 Å². The van der Waals surface area contributed by atoms with Gasteiger partial charge >= 0.3 is 5.63 Å². The van der Waals surface area contributed by atoms with Crippen molar-refractivity contribution in [2.45, 2.75) is 52.1 Å². The van der Waals surface area contributed by atoms with E-state index in [9.17, 15) is 9.59 Å². The summed E-state index contributed by atoms with van der Waals surface area (Å²) in [5, 5.41) is 1.60. The number of amides is 1. The fraction of sp³-hybridized carbons (Fsp3) is 0.407. The van der Waals surface area contributed by atoms with Gasteiger partial charge in [-0.2, -0.15) is 0 Å². The molecule has 0 atom stereocenters. The molecule has 1 amide bonds. The fourth-order valence-corrected chi connectivity index (χ4v) is 5.08. The zero-order valence-corrected chi connectivity index (χ0v) is 20.1. The number of hydrogen-bond donors (Lipinski definition) is 0. The van der Waals surface area contributed by atoms with Gasteiger partial charge < -0.3 is 9.32 Å². The molecule has 2 aromatic carbocycles. The first-order chi connectivity index (χ1) is 16.0. The summed E-state index contributed by atoms with van der Waals surface area (Å²) < 4.78 is 5.49. The Balaban J connectivity index is 1.52. The lowest BCUT2D eigenvalue weighted by Gasteiger charge is -2.38. The van der Waals surface area contributed by atoms with Gasteiger partial charge in [0.1, 0.15) is 5.58 Å². The van der Waals surface area contributed by atoms with Crippen LogP contribution in [-0.4, -0.2) is 41.4 Å². The number of carbonyl (C=O) groups is 1. The molecule has 5 nitrogen and oxygen atoms in total. The predicted molar refractivity (Wildman–Crippen MR) is 133 cm³/mol. The largest absolute Gasteiger partial charge is 0.423 e. The van der Waals surface area contributed by atoms with E-state index in [-0.39, 0.29) is 11.5 Å². The van der Waals surface area contributed by atoms with Gasteiger partial charge in [-0.05, 0) is 67.6 Å². The van der Waals surface area contributed by atoms with E-state index in [1.54, 1.807) is 6.07 Å². The van der Waals surface area contributed by atoms with E-state index in [0.717, 1.165) is 67.4 Å². The third-order valence-corrected chi connectivity index (χ3v) is 6.90. The van der Waals surface area contributed by atoms with E-state index in [4.69, 9.17) is 16.0 Å². The number of likely N-dealkylation sites (tertiary alicyclic amines) is 1. The SMILES string of the molecule is CCCN(Cc1cc(=O)oc2cc(CC)c(Cl)cc12)C1CCN(C(=O)c2ccccc2)CC1. The summed E-state index contributed by atoms with van der Waals surface area (Å²) in [6, 6.07) is 15.3. The number of aryl methyl sites for hydroxylation is 1. The highest BCUT2D eigenvalue weighted by Gasteiger charge is 2.27. The van der Waals surface area contributed by atoms with Crippen LogP contribution in [0.2, 0.25) is 5.02 Å². The number of halogens is 1. The Morgan fingerprint density at radius 3 is 2.48 bits per heavy atom. The summed E-state index contributed by atoms with van der Waals surface area (Å²) in [5.41, 5.74) is 2.93. The van der Waals surface area contributed by atoms with Gasteiger partial charge in [0.05, 0.1) is 0 Å². The van der Waals surface area contributed by atoms with Crippen LogP contribution in [0.25, 0.3) is 11.0 Å². The van der Waals surface area contributed by atoms with Crippen molar-refractivity contribution in [1.82, 2.24) is 9.80 Å². The third-order valence-electron chi connectivity index (χ3n) is 6.55. The van der Waals surface area contributed by atoms with Crippen LogP contribution in [0.1, 0.15) is 54.6 Å². The quantitative estimate of drug-likeness (QED) is 0.430. The zero-order valence-electron chi connectivity index (χ0n) is 19.4. The molecule has 1 fully saturated rings. The van der Waals surface area contributed by atoms with Gasteiger partial charge in [-0.1, -0.05) is 43.6 Å². The number of carbonyl (C=O) groups excluding carboxylic acids is 1. The van der Waals surface area contributed by atoms with Crippen LogP contribution in [0.5, 0.6) is 0 Å². The third kappa shape index (κ3) is 5.31. The molecule has 4 rings (SSSR count). The minimum Gasteiger partial charge on any atom is -0.423 e. The number of benzene rings is 2.